The normalized spacial score (nSPS) is 10.6. The van der Waals surface area contributed by atoms with Crippen LogP contribution in [0.5, 0.6) is 17.2 Å². The molecule has 0 saturated carbocycles. The standard InChI is InChI=1S/C19H17FN2O6/c1-25-15-8-12(9-16(26-2)17(15)27-3)14(23)10-22-19(24)28-18(21-22)11-4-6-13(20)7-5-11/h4-9H,10H2,1-3H3. The third-order valence-corrected chi connectivity index (χ3v) is 3.98. The quantitative estimate of drug-likeness (QED) is 0.574. The van der Waals surface area contributed by atoms with Gasteiger partial charge in [0, 0.05) is 11.1 Å². The lowest BCUT2D eigenvalue weighted by atomic mass is 10.1. The van der Waals surface area contributed by atoms with Gasteiger partial charge in [-0.2, -0.15) is 4.68 Å². The second-order valence-corrected chi connectivity index (χ2v) is 5.67. The minimum absolute atomic E-state index is 0.0114. The molecule has 0 spiro atoms. The van der Waals surface area contributed by atoms with Crippen LogP contribution < -0.4 is 20.0 Å². The van der Waals surface area contributed by atoms with Crippen molar-refractivity contribution in [3.05, 3.63) is 58.3 Å². The second-order valence-electron chi connectivity index (χ2n) is 5.67. The van der Waals surface area contributed by atoms with Crippen molar-refractivity contribution in [2.24, 2.45) is 0 Å². The van der Waals surface area contributed by atoms with Crippen molar-refractivity contribution < 1.29 is 27.8 Å². The van der Waals surface area contributed by atoms with E-state index in [1.807, 2.05) is 0 Å². The fraction of sp³-hybridized carbons (Fsp3) is 0.211. The molecule has 0 fully saturated rings. The second kappa shape index (κ2) is 7.95. The van der Waals surface area contributed by atoms with Gasteiger partial charge in [-0.3, -0.25) is 4.79 Å². The van der Waals surface area contributed by atoms with Gasteiger partial charge in [-0.1, -0.05) is 0 Å². The molecule has 3 aromatic rings. The van der Waals surface area contributed by atoms with Crippen LogP contribution >= 0.6 is 0 Å². The zero-order valence-corrected chi connectivity index (χ0v) is 15.4. The maximum Gasteiger partial charge on any atom is 0.437 e. The molecule has 0 aliphatic carbocycles. The number of benzene rings is 2. The highest BCUT2D eigenvalue weighted by molar-refractivity contribution is 5.97. The summed E-state index contributed by atoms with van der Waals surface area (Å²) in [4.78, 5) is 24.7. The van der Waals surface area contributed by atoms with Gasteiger partial charge in [0.2, 0.25) is 11.6 Å². The van der Waals surface area contributed by atoms with E-state index in [9.17, 15) is 14.0 Å². The van der Waals surface area contributed by atoms with E-state index in [1.165, 1.54) is 57.7 Å². The van der Waals surface area contributed by atoms with E-state index in [0.29, 0.717) is 22.8 Å². The van der Waals surface area contributed by atoms with Crippen molar-refractivity contribution in [1.29, 1.82) is 0 Å². The summed E-state index contributed by atoms with van der Waals surface area (Å²) in [5, 5.41) is 4.00. The number of rotatable bonds is 7. The van der Waals surface area contributed by atoms with Gasteiger partial charge in [-0.05, 0) is 36.4 Å². The summed E-state index contributed by atoms with van der Waals surface area (Å²) in [6, 6.07) is 8.24. The van der Waals surface area contributed by atoms with Gasteiger partial charge in [0.15, 0.2) is 17.3 Å². The Morgan fingerprint density at radius 1 is 1.07 bits per heavy atom. The Morgan fingerprint density at radius 2 is 1.68 bits per heavy atom. The molecule has 0 saturated heterocycles. The van der Waals surface area contributed by atoms with E-state index >= 15 is 0 Å². The van der Waals surface area contributed by atoms with Crippen molar-refractivity contribution in [1.82, 2.24) is 9.78 Å². The van der Waals surface area contributed by atoms with Crippen molar-refractivity contribution in [3.63, 3.8) is 0 Å². The van der Waals surface area contributed by atoms with Crippen LogP contribution in [0.15, 0.2) is 45.6 Å². The molecule has 28 heavy (non-hydrogen) atoms. The van der Waals surface area contributed by atoms with Crippen molar-refractivity contribution >= 4 is 5.78 Å². The minimum Gasteiger partial charge on any atom is -0.493 e. The highest BCUT2D eigenvalue weighted by Gasteiger charge is 2.19. The number of halogens is 1. The van der Waals surface area contributed by atoms with Gasteiger partial charge in [0.25, 0.3) is 0 Å². The molecule has 0 N–H and O–H groups in total. The summed E-state index contributed by atoms with van der Waals surface area (Å²) in [5.41, 5.74) is 0.658. The van der Waals surface area contributed by atoms with Crippen LogP contribution in [-0.2, 0) is 6.54 Å². The first kappa shape index (κ1) is 19.2. The third kappa shape index (κ3) is 3.73. The van der Waals surface area contributed by atoms with Crippen LogP contribution in [0.2, 0.25) is 0 Å². The molecule has 1 heterocycles. The fourth-order valence-electron chi connectivity index (χ4n) is 2.58. The van der Waals surface area contributed by atoms with E-state index in [1.54, 1.807) is 0 Å². The fourth-order valence-corrected chi connectivity index (χ4v) is 2.58. The number of carbonyl (C=O) groups excluding carboxylic acids is 1. The number of ether oxygens (including phenoxy) is 3. The Balaban J connectivity index is 1.89. The molecule has 8 nitrogen and oxygen atoms in total. The number of Topliss-reactive ketones (excluding diaryl/α,β-unsaturated/α-hetero) is 1. The molecule has 0 atom stereocenters. The average molecular weight is 388 g/mol. The summed E-state index contributed by atoms with van der Waals surface area (Å²) < 4.78 is 34.7. The predicted octanol–water partition coefficient (Wildman–Crippen LogP) is 2.55. The monoisotopic (exact) mass is 388 g/mol. The predicted molar refractivity (Wildman–Crippen MR) is 96.6 cm³/mol. The average Bonchev–Trinajstić information content (AvgIpc) is 3.07. The van der Waals surface area contributed by atoms with Crippen LogP contribution in [0, 0.1) is 5.82 Å². The summed E-state index contributed by atoms with van der Waals surface area (Å²) in [5.74, 6) is -0.695. The van der Waals surface area contributed by atoms with Crippen LogP contribution in [0.4, 0.5) is 4.39 Å². The number of carbonyl (C=O) groups is 1. The molecule has 3 rings (SSSR count). The van der Waals surface area contributed by atoms with Crippen molar-refractivity contribution in [2.45, 2.75) is 6.54 Å². The Morgan fingerprint density at radius 3 is 2.21 bits per heavy atom. The highest BCUT2D eigenvalue weighted by Crippen LogP contribution is 2.38. The molecular formula is C19H17FN2O6. The molecule has 9 heteroatoms. The molecular weight excluding hydrogens is 371 g/mol. The zero-order chi connectivity index (χ0) is 20.3. The number of hydrogen-bond donors (Lipinski definition) is 0. The molecule has 0 unspecified atom stereocenters. The van der Waals surface area contributed by atoms with E-state index in [-0.39, 0.29) is 18.0 Å². The Labute approximate surface area is 159 Å². The Bertz CT molecular complexity index is 1030. The van der Waals surface area contributed by atoms with Gasteiger partial charge < -0.3 is 18.6 Å². The lowest BCUT2D eigenvalue weighted by molar-refractivity contribution is 0.0964. The highest BCUT2D eigenvalue weighted by atomic mass is 19.1. The van der Waals surface area contributed by atoms with Gasteiger partial charge in [-0.15, -0.1) is 5.10 Å². The summed E-state index contributed by atoms with van der Waals surface area (Å²) >= 11 is 0. The number of ketones is 1. The van der Waals surface area contributed by atoms with E-state index in [4.69, 9.17) is 18.6 Å². The zero-order valence-electron chi connectivity index (χ0n) is 15.4. The SMILES string of the molecule is COc1cc(C(=O)Cn2nc(-c3ccc(F)cc3)oc2=O)cc(OC)c1OC. The molecule has 0 aliphatic heterocycles. The third-order valence-electron chi connectivity index (χ3n) is 3.98. The molecule has 1 aromatic heterocycles. The maximum absolute atomic E-state index is 13.0. The van der Waals surface area contributed by atoms with Crippen LogP contribution in [0.3, 0.4) is 0 Å². The molecule has 2 aromatic carbocycles. The van der Waals surface area contributed by atoms with Gasteiger partial charge >= 0.3 is 5.76 Å². The number of aromatic nitrogens is 2. The van der Waals surface area contributed by atoms with Gasteiger partial charge in [0.05, 0.1) is 21.3 Å². The molecule has 146 valence electrons. The largest absolute Gasteiger partial charge is 0.493 e. The summed E-state index contributed by atoms with van der Waals surface area (Å²) in [6.07, 6.45) is 0. The molecule has 0 radical (unpaired) electrons. The Hall–Kier alpha value is -3.62. The number of methoxy groups -OCH3 is 3. The van der Waals surface area contributed by atoms with Crippen LogP contribution in [0.25, 0.3) is 11.5 Å². The van der Waals surface area contributed by atoms with E-state index < -0.39 is 17.4 Å². The van der Waals surface area contributed by atoms with Crippen molar-refractivity contribution in [3.8, 4) is 28.7 Å². The number of nitrogens with zero attached hydrogens (tertiary/aromatic N) is 2. The van der Waals surface area contributed by atoms with Crippen LogP contribution in [0.1, 0.15) is 10.4 Å². The Kier molecular flexibility index (Phi) is 5.44. The summed E-state index contributed by atoms with van der Waals surface area (Å²) in [6.45, 7) is -0.359. The lowest BCUT2D eigenvalue weighted by Crippen LogP contribution is -2.21. The van der Waals surface area contributed by atoms with E-state index in [2.05, 4.69) is 5.10 Å². The smallest absolute Gasteiger partial charge is 0.437 e. The van der Waals surface area contributed by atoms with Gasteiger partial charge in [0.1, 0.15) is 12.4 Å². The first-order valence-corrected chi connectivity index (χ1v) is 8.14. The minimum atomic E-state index is -0.805. The van der Waals surface area contributed by atoms with Gasteiger partial charge in [-0.25, -0.2) is 9.18 Å². The molecule has 0 bridgehead atoms. The summed E-state index contributed by atoms with van der Waals surface area (Å²) in [7, 11) is 4.32. The van der Waals surface area contributed by atoms with E-state index in [0.717, 1.165) is 4.68 Å². The topological polar surface area (TPSA) is 92.8 Å². The van der Waals surface area contributed by atoms with Crippen molar-refractivity contribution in [2.75, 3.05) is 21.3 Å². The lowest BCUT2D eigenvalue weighted by Gasteiger charge is -2.13. The molecule has 0 aliphatic rings. The first-order chi connectivity index (χ1) is 13.5. The maximum atomic E-state index is 13.0. The number of hydrogen-bond acceptors (Lipinski definition) is 7. The first-order valence-electron chi connectivity index (χ1n) is 8.14. The van der Waals surface area contributed by atoms with Crippen LogP contribution in [-0.4, -0.2) is 36.9 Å². The molecule has 0 amide bonds.